The van der Waals surface area contributed by atoms with Crippen molar-refractivity contribution >= 4 is 0 Å². The van der Waals surface area contributed by atoms with Gasteiger partial charge in [0, 0.05) is 17.7 Å². The van der Waals surface area contributed by atoms with Gasteiger partial charge in [-0.25, -0.2) is 4.98 Å². The van der Waals surface area contributed by atoms with Crippen molar-refractivity contribution in [2.75, 3.05) is 13.3 Å². The molecule has 18 heavy (non-hydrogen) atoms. The first-order valence-corrected chi connectivity index (χ1v) is 5.93. The van der Waals surface area contributed by atoms with Gasteiger partial charge < -0.3 is 20.2 Å². The number of rotatable bonds is 3. The van der Waals surface area contributed by atoms with E-state index < -0.39 is 0 Å². The molecule has 0 radical (unpaired) electrons. The van der Waals surface area contributed by atoms with E-state index in [0.717, 1.165) is 40.7 Å². The van der Waals surface area contributed by atoms with Crippen molar-refractivity contribution < 1.29 is 9.47 Å². The fourth-order valence-electron chi connectivity index (χ4n) is 2.06. The number of hydrogen-bond donors (Lipinski definition) is 2. The van der Waals surface area contributed by atoms with E-state index in [1.165, 1.54) is 0 Å². The van der Waals surface area contributed by atoms with Gasteiger partial charge in [-0.3, -0.25) is 0 Å². The van der Waals surface area contributed by atoms with Crippen LogP contribution in [0.5, 0.6) is 11.5 Å². The molecule has 0 bridgehead atoms. The molecule has 0 amide bonds. The average Bonchev–Trinajstić information content (AvgIpc) is 2.96. The maximum Gasteiger partial charge on any atom is 0.231 e. The third-order valence-corrected chi connectivity index (χ3v) is 3.01. The number of fused-ring (bicyclic) bond motifs is 1. The number of nitrogens with zero attached hydrogens (tertiary/aromatic N) is 1. The molecule has 3 N–H and O–H groups in total. The minimum absolute atomic E-state index is 0.286. The standard InChI is InChI=1S/C13H15N3O2/c1-8-10(4-5-14)16-13(15-8)9-2-3-11-12(6-9)18-7-17-11/h2-3,6H,4-5,7,14H2,1H3,(H,15,16). The van der Waals surface area contributed by atoms with Crippen LogP contribution in [-0.4, -0.2) is 23.3 Å². The van der Waals surface area contributed by atoms with Crippen molar-refractivity contribution in [2.24, 2.45) is 5.73 Å². The summed E-state index contributed by atoms with van der Waals surface area (Å²) in [4.78, 5) is 7.84. The fourth-order valence-corrected chi connectivity index (χ4v) is 2.06. The zero-order valence-corrected chi connectivity index (χ0v) is 10.2. The summed E-state index contributed by atoms with van der Waals surface area (Å²) in [6, 6.07) is 5.81. The van der Waals surface area contributed by atoms with E-state index in [1.54, 1.807) is 0 Å². The number of benzene rings is 1. The van der Waals surface area contributed by atoms with Crippen LogP contribution in [0.25, 0.3) is 11.4 Å². The number of aryl methyl sites for hydroxylation is 1. The minimum Gasteiger partial charge on any atom is -0.454 e. The molecule has 5 heteroatoms. The molecule has 1 aliphatic heterocycles. The Kier molecular flexibility index (Phi) is 2.68. The van der Waals surface area contributed by atoms with Crippen LogP contribution in [0.4, 0.5) is 0 Å². The van der Waals surface area contributed by atoms with Crippen molar-refractivity contribution in [1.82, 2.24) is 9.97 Å². The van der Waals surface area contributed by atoms with Crippen LogP contribution in [0, 0.1) is 6.92 Å². The largest absolute Gasteiger partial charge is 0.454 e. The lowest BCUT2D eigenvalue weighted by Gasteiger charge is -1.99. The number of nitrogens with one attached hydrogen (secondary N) is 1. The molecule has 3 rings (SSSR count). The number of aromatic nitrogens is 2. The van der Waals surface area contributed by atoms with Gasteiger partial charge in [-0.2, -0.15) is 0 Å². The number of aromatic amines is 1. The zero-order valence-electron chi connectivity index (χ0n) is 10.2. The zero-order chi connectivity index (χ0) is 12.5. The van der Waals surface area contributed by atoms with Crippen molar-refractivity contribution in [1.29, 1.82) is 0 Å². The van der Waals surface area contributed by atoms with E-state index in [0.29, 0.717) is 6.54 Å². The molecule has 0 saturated heterocycles. The van der Waals surface area contributed by atoms with Crippen molar-refractivity contribution in [2.45, 2.75) is 13.3 Å². The molecular formula is C13H15N3O2. The van der Waals surface area contributed by atoms with Crippen molar-refractivity contribution in [3.63, 3.8) is 0 Å². The topological polar surface area (TPSA) is 73.2 Å². The highest BCUT2D eigenvalue weighted by Gasteiger charge is 2.15. The van der Waals surface area contributed by atoms with Crippen LogP contribution in [-0.2, 0) is 6.42 Å². The van der Waals surface area contributed by atoms with Crippen molar-refractivity contribution in [3.05, 3.63) is 29.6 Å². The molecule has 0 atom stereocenters. The monoisotopic (exact) mass is 245 g/mol. The number of ether oxygens (including phenoxy) is 2. The van der Waals surface area contributed by atoms with Gasteiger partial charge in [-0.05, 0) is 31.7 Å². The smallest absolute Gasteiger partial charge is 0.231 e. The highest BCUT2D eigenvalue weighted by molar-refractivity contribution is 5.62. The molecule has 0 saturated carbocycles. The van der Waals surface area contributed by atoms with Gasteiger partial charge in [0.1, 0.15) is 5.82 Å². The molecular weight excluding hydrogens is 230 g/mol. The Labute approximate surface area is 105 Å². The van der Waals surface area contributed by atoms with Crippen LogP contribution in [0.2, 0.25) is 0 Å². The predicted octanol–water partition coefficient (Wildman–Crippen LogP) is 1.62. The number of hydrogen-bond acceptors (Lipinski definition) is 4. The Hall–Kier alpha value is -2.01. The maximum atomic E-state index is 5.56. The first kappa shape index (κ1) is 11.1. The summed E-state index contributed by atoms with van der Waals surface area (Å²) in [5.74, 6) is 2.39. The van der Waals surface area contributed by atoms with Crippen LogP contribution in [0.3, 0.4) is 0 Å². The predicted molar refractivity (Wildman–Crippen MR) is 67.6 cm³/mol. The molecule has 0 spiro atoms. The van der Waals surface area contributed by atoms with Crippen LogP contribution >= 0.6 is 0 Å². The lowest BCUT2D eigenvalue weighted by molar-refractivity contribution is 0.174. The first-order valence-electron chi connectivity index (χ1n) is 5.93. The molecule has 0 fully saturated rings. The summed E-state index contributed by atoms with van der Waals surface area (Å²) in [6.45, 7) is 2.90. The van der Waals surface area contributed by atoms with Crippen LogP contribution in [0.1, 0.15) is 11.4 Å². The van der Waals surface area contributed by atoms with E-state index >= 15 is 0 Å². The Morgan fingerprint density at radius 3 is 3.00 bits per heavy atom. The second-order valence-electron chi connectivity index (χ2n) is 4.26. The molecule has 5 nitrogen and oxygen atoms in total. The Balaban J connectivity index is 1.97. The molecule has 1 aromatic heterocycles. The van der Waals surface area contributed by atoms with Gasteiger partial charge in [0.15, 0.2) is 11.5 Å². The van der Waals surface area contributed by atoms with E-state index in [1.807, 2.05) is 25.1 Å². The summed E-state index contributed by atoms with van der Waals surface area (Å²) in [5.41, 5.74) is 8.63. The van der Waals surface area contributed by atoms with Gasteiger partial charge in [0.2, 0.25) is 6.79 Å². The third-order valence-electron chi connectivity index (χ3n) is 3.01. The molecule has 1 aromatic carbocycles. The quantitative estimate of drug-likeness (QED) is 0.861. The normalized spacial score (nSPS) is 13.0. The maximum absolute atomic E-state index is 5.56. The highest BCUT2D eigenvalue weighted by atomic mass is 16.7. The summed E-state index contributed by atoms with van der Waals surface area (Å²) in [6.07, 6.45) is 0.785. The Morgan fingerprint density at radius 2 is 2.17 bits per heavy atom. The van der Waals surface area contributed by atoms with E-state index in [-0.39, 0.29) is 6.79 Å². The second kappa shape index (κ2) is 4.34. The summed E-state index contributed by atoms with van der Waals surface area (Å²) in [7, 11) is 0. The Bertz CT molecular complexity index is 578. The lowest BCUT2D eigenvalue weighted by atomic mass is 10.2. The first-order chi connectivity index (χ1) is 8.78. The van der Waals surface area contributed by atoms with Gasteiger partial charge in [0.25, 0.3) is 0 Å². The number of nitrogens with two attached hydrogens (primary N) is 1. The third kappa shape index (κ3) is 1.82. The van der Waals surface area contributed by atoms with Gasteiger partial charge >= 0.3 is 0 Å². The summed E-state index contributed by atoms with van der Waals surface area (Å²) >= 11 is 0. The van der Waals surface area contributed by atoms with E-state index in [4.69, 9.17) is 15.2 Å². The fraction of sp³-hybridized carbons (Fsp3) is 0.308. The Morgan fingerprint density at radius 1 is 1.33 bits per heavy atom. The van der Waals surface area contributed by atoms with Gasteiger partial charge in [-0.1, -0.05) is 0 Å². The minimum atomic E-state index is 0.286. The van der Waals surface area contributed by atoms with E-state index in [2.05, 4.69) is 9.97 Å². The number of imidazole rings is 1. The number of H-pyrrole nitrogens is 1. The molecule has 2 aromatic rings. The van der Waals surface area contributed by atoms with Crippen LogP contribution < -0.4 is 15.2 Å². The van der Waals surface area contributed by atoms with Crippen LogP contribution in [0.15, 0.2) is 18.2 Å². The highest BCUT2D eigenvalue weighted by Crippen LogP contribution is 2.35. The SMILES string of the molecule is Cc1[nH]c(-c2ccc3c(c2)OCO3)nc1CCN. The second-order valence-corrected chi connectivity index (χ2v) is 4.26. The molecule has 0 unspecified atom stereocenters. The summed E-state index contributed by atoms with van der Waals surface area (Å²) in [5, 5.41) is 0. The van der Waals surface area contributed by atoms with E-state index in [9.17, 15) is 0 Å². The molecule has 1 aliphatic rings. The summed E-state index contributed by atoms with van der Waals surface area (Å²) < 4.78 is 10.6. The average molecular weight is 245 g/mol. The van der Waals surface area contributed by atoms with Gasteiger partial charge in [0.05, 0.1) is 5.69 Å². The molecule has 2 heterocycles. The lowest BCUT2D eigenvalue weighted by Crippen LogP contribution is -2.03. The molecule has 0 aliphatic carbocycles. The van der Waals surface area contributed by atoms with Gasteiger partial charge in [-0.15, -0.1) is 0 Å². The molecule has 94 valence electrons. The van der Waals surface area contributed by atoms with Crippen molar-refractivity contribution in [3.8, 4) is 22.9 Å².